The van der Waals surface area contributed by atoms with E-state index >= 15 is 0 Å². The molecule has 2 aromatic heterocycles. The molecule has 0 atom stereocenters. The van der Waals surface area contributed by atoms with E-state index in [0.29, 0.717) is 17.8 Å². The topological polar surface area (TPSA) is 58.6 Å². The van der Waals surface area contributed by atoms with Crippen LogP contribution >= 0.6 is 0 Å². The number of hydrogen-bond acceptors (Lipinski definition) is 3. The predicted octanol–water partition coefficient (Wildman–Crippen LogP) is 2.63. The molecule has 0 amide bonds. The van der Waals surface area contributed by atoms with Crippen LogP contribution < -0.4 is 0 Å². The number of carbonyl (C=O) groups is 1. The van der Waals surface area contributed by atoms with E-state index in [9.17, 15) is 4.79 Å². The molecule has 0 fully saturated rings. The molecule has 4 nitrogen and oxygen atoms in total. The maximum Gasteiger partial charge on any atom is 0.176 e. The molecule has 2 aromatic rings. The van der Waals surface area contributed by atoms with Crippen LogP contribution in [0.15, 0.2) is 24.5 Å². The van der Waals surface area contributed by atoms with E-state index in [2.05, 4.69) is 28.8 Å². The summed E-state index contributed by atoms with van der Waals surface area (Å²) in [5, 5.41) is 0. The van der Waals surface area contributed by atoms with Gasteiger partial charge in [0.2, 0.25) is 0 Å². The maximum absolute atomic E-state index is 12.0. The van der Waals surface area contributed by atoms with Crippen molar-refractivity contribution in [2.75, 3.05) is 0 Å². The summed E-state index contributed by atoms with van der Waals surface area (Å²) in [4.78, 5) is 23.9. The van der Waals surface area contributed by atoms with Crippen molar-refractivity contribution >= 4 is 5.78 Å². The van der Waals surface area contributed by atoms with Gasteiger partial charge >= 0.3 is 0 Å². The maximum atomic E-state index is 12.0. The van der Waals surface area contributed by atoms with Gasteiger partial charge in [0.25, 0.3) is 0 Å². The lowest BCUT2D eigenvalue weighted by Gasteiger charge is -2.29. The van der Waals surface area contributed by atoms with Gasteiger partial charge in [0, 0.05) is 18.8 Å². The molecule has 1 aliphatic carbocycles. The van der Waals surface area contributed by atoms with Crippen LogP contribution in [0.5, 0.6) is 0 Å². The highest BCUT2D eigenvalue weighted by molar-refractivity contribution is 5.98. The van der Waals surface area contributed by atoms with Crippen LogP contribution in [0.25, 0.3) is 11.5 Å². The second-order valence-corrected chi connectivity index (χ2v) is 5.58. The standard InChI is InChI=1S/C14H15N3O/c1-14(2)6-11-9(12(18)7-14)8-16-13(17-11)10-4-3-5-15-10/h3-5,8,15H,6-7H2,1-2H3. The molecule has 0 spiro atoms. The fraction of sp³-hybridized carbons (Fsp3) is 0.357. The SMILES string of the molecule is CC1(C)CC(=O)c2cnc(-c3ccc[nH]3)nc2C1. The van der Waals surface area contributed by atoms with Gasteiger partial charge in [-0.3, -0.25) is 4.79 Å². The monoisotopic (exact) mass is 241 g/mol. The summed E-state index contributed by atoms with van der Waals surface area (Å²) in [6, 6.07) is 3.84. The van der Waals surface area contributed by atoms with E-state index in [1.54, 1.807) is 6.20 Å². The van der Waals surface area contributed by atoms with Crippen molar-refractivity contribution in [1.29, 1.82) is 0 Å². The van der Waals surface area contributed by atoms with Crippen LogP contribution in [0, 0.1) is 5.41 Å². The van der Waals surface area contributed by atoms with E-state index in [0.717, 1.165) is 17.8 Å². The van der Waals surface area contributed by atoms with E-state index < -0.39 is 0 Å². The molecule has 0 radical (unpaired) electrons. The van der Waals surface area contributed by atoms with Crippen molar-refractivity contribution in [3.05, 3.63) is 35.8 Å². The Balaban J connectivity index is 2.08. The minimum atomic E-state index is -0.00849. The van der Waals surface area contributed by atoms with Crippen LogP contribution in [0.2, 0.25) is 0 Å². The second-order valence-electron chi connectivity index (χ2n) is 5.58. The first kappa shape index (κ1) is 11.1. The van der Waals surface area contributed by atoms with Crippen LogP contribution in [0.1, 0.15) is 36.3 Å². The third kappa shape index (κ3) is 1.83. The lowest BCUT2D eigenvalue weighted by Crippen LogP contribution is -2.28. The number of nitrogens with one attached hydrogen (secondary N) is 1. The highest BCUT2D eigenvalue weighted by atomic mass is 16.1. The summed E-state index contributed by atoms with van der Waals surface area (Å²) < 4.78 is 0. The van der Waals surface area contributed by atoms with Crippen molar-refractivity contribution in [1.82, 2.24) is 15.0 Å². The summed E-state index contributed by atoms with van der Waals surface area (Å²) in [7, 11) is 0. The third-order valence-electron chi connectivity index (χ3n) is 3.29. The number of ketones is 1. The molecule has 3 rings (SSSR count). The molecule has 1 aliphatic rings. The lowest BCUT2D eigenvalue weighted by atomic mass is 9.76. The Morgan fingerprint density at radius 2 is 2.17 bits per heavy atom. The molecule has 1 N–H and O–H groups in total. The Labute approximate surface area is 105 Å². The molecule has 0 bridgehead atoms. The number of hydrogen-bond donors (Lipinski definition) is 1. The summed E-state index contributed by atoms with van der Waals surface area (Å²) in [5.41, 5.74) is 2.43. The van der Waals surface area contributed by atoms with Gasteiger partial charge in [-0.2, -0.15) is 0 Å². The molecule has 0 unspecified atom stereocenters. The summed E-state index contributed by atoms with van der Waals surface area (Å²) in [5.74, 6) is 0.809. The van der Waals surface area contributed by atoms with E-state index in [-0.39, 0.29) is 11.2 Å². The first-order valence-corrected chi connectivity index (χ1v) is 6.08. The fourth-order valence-corrected chi connectivity index (χ4v) is 2.43. The van der Waals surface area contributed by atoms with Crippen LogP contribution in [0.3, 0.4) is 0 Å². The highest BCUT2D eigenvalue weighted by Gasteiger charge is 2.32. The van der Waals surface area contributed by atoms with Crippen molar-refractivity contribution in [2.24, 2.45) is 5.41 Å². The van der Waals surface area contributed by atoms with Crippen molar-refractivity contribution < 1.29 is 4.79 Å². The Morgan fingerprint density at radius 3 is 2.89 bits per heavy atom. The van der Waals surface area contributed by atoms with Gasteiger partial charge in [0.1, 0.15) is 0 Å². The summed E-state index contributed by atoms with van der Waals surface area (Å²) in [6.07, 6.45) is 4.90. The molecule has 0 saturated carbocycles. The van der Waals surface area contributed by atoms with Crippen LogP contribution in [0.4, 0.5) is 0 Å². The Hall–Kier alpha value is -1.97. The quantitative estimate of drug-likeness (QED) is 0.835. The van der Waals surface area contributed by atoms with Crippen molar-refractivity contribution in [2.45, 2.75) is 26.7 Å². The fourth-order valence-electron chi connectivity index (χ4n) is 2.43. The number of fused-ring (bicyclic) bond motifs is 1. The van der Waals surface area contributed by atoms with Gasteiger partial charge in [-0.15, -0.1) is 0 Å². The zero-order valence-corrected chi connectivity index (χ0v) is 10.5. The molecule has 18 heavy (non-hydrogen) atoms. The second kappa shape index (κ2) is 3.77. The molecule has 2 heterocycles. The normalized spacial score (nSPS) is 17.6. The molecule has 92 valence electrons. The van der Waals surface area contributed by atoms with Crippen molar-refractivity contribution in [3.8, 4) is 11.5 Å². The predicted molar refractivity (Wildman–Crippen MR) is 68.3 cm³/mol. The van der Waals surface area contributed by atoms with Gasteiger partial charge in [0.05, 0.1) is 17.0 Å². The lowest BCUT2D eigenvalue weighted by molar-refractivity contribution is 0.0910. The van der Waals surface area contributed by atoms with Gasteiger partial charge < -0.3 is 4.98 Å². The number of rotatable bonds is 1. The summed E-state index contributed by atoms with van der Waals surface area (Å²) in [6.45, 7) is 4.20. The van der Waals surface area contributed by atoms with Crippen LogP contribution in [-0.4, -0.2) is 20.7 Å². The Kier molecular flexibility index (Phi) is 2.33. The average Bonchev–Trinajstić information content (AvgIpc) is 2.79. The number of aromatic nitrogens is 3. The summed E-state index contributed by atoms with van der Waals surface area (Å²) >= 11 is 0. The molecule has 4 heteroatoms. The Morgan fingerprint density at radius 1 is 1.33 bits per heavy atom. The zero-order chi connectivity index (χ0) is 12.8. The molecular weight excluding hydrogens is 226 g/mol. The van der Waals surface area contributed by atoms with Gasteiger partial charge in [-0.05, 0) is 24.0 Å². The Bertz CT molecular complexity index is 600. The van der Waals surface area contributed by atoms with E-state index in [1.807, 2.05) is 18.3 Å². The molecule has 0 saturated heterocycles. The number of Topliss-reactive ketones (excluding diaryl/α,β-unsaturated/α-hetero) is 1. The molecular formula is C14H15N3O. The number of aromatic amines is 1. The van der Waals surface area contributed by atoms with Gasteiger partial charge in [-0.1, -0.05) is 13.8 Å². The molecule has 0 aromatic carbocycles. The first-order valence-electron chi connectivity index (χ1n) is 6.08. The minimum Gasteiger partial charge on any atom is -0.359 e. The third-order valence-corrected chi connectivity index (χ3v) is 3.29. The van der Waals surface area contributed by atoms with Gasteiger partial charge in [-0.25, -0.2) is 9.97 Å². The van der Waals surface area contributed by atoms with Gasteiger partial charge in [0.15, 0.2) is 11.6 Å². The van der Waals surface area contributed by atoms with Crippen LogP contribution in [-0.2, 0) is 6.42 Å². The molecule has 0 aliphatic heterocycles. The van der Waals surface area contributed by atoms with E-state index in [1.165, 1.54) is 0 Å². The zero-order valence-electron chi connectivity index (χ0n) is 10.5. The smallest absolute Gasteiger partial charge is 0.176 e. The number of carbonyl (C=O) groups excluding carboxylic acids is 1. The largest absolute Gasteiger partial charge is 0.359 e. The highest BCUT2D eigenvalue weighted by Crippen LogP contribution is 2.33. The average molecular weight is 241 g/mol. The van der Waals surface area contributed by atoms with E-state index in [4.69, 9.17) is 0 Å². The minimum absolute atomic E-state index is 0.00849. The number of H-pyrrole nitrogens is 1. The number of nitrogens with zero attached hydrogens (tertiary/aromatic N) is 2. The van der Waals surface area contributed by atoms with Crippen molar-refractivity contribution in [3.63, 3.8) is 0 Å². The first-order chi connectivity index (χ1) is 8.55.